The monoisotopic (exact) mass is 255 g/mol. The van der Waals surface area contributed by atoms with Gasteiger partial charge in [-0.15, -0.1) is 11.3 Å². The van der Waals surface area contributed by atoms with Crippen LogP contribution in [0.5, 0.6) is 0 Å². The van der Waals surface area contributed by atoms with Gasteiger partial charge in [0.25, 0.3) is 0 Å². The van der Waals surface area contributed by atoms with Crippen LogP contribution < -0.4 is 5.32 Å². The number of carboxylic acid groups (broad SMARTS) is 1. The smallest absolute Gasteiger partial charge is 0.327 e. The average molecular weight is 255 g/mol. The molecule has 0 spiro atoms. The fourth-order valence-corrected chi connectivity index (χ4v) is 1.91. The zero-order valence-electron chi connectivity index (χ0n) is 9.33. The highest BCUT2D eigenvalue weighted by Crippen LogP contribution is 2.16. The number of aryl methyl sites for hydroxylation is 1. The highest BCUT2D eigenvalue weighted by atomic mass is 32.1. The minimum atomic E-state index is -0.959. The fourth-order valence-electron chi connectivity index (χ4n) is 1.27. The molecule has 1 unspecified atom stereocenters. The van der Waals surface area contributed by atoms with E-state index in [4.69, 9.17) is 10.6 Å². The van der Waals surface area contributed by atoms with Crippen LogP contribution in [0.1, 0.15) is 23.2 Å². The minimum absolute atomic E-state index is 0.353. The van der Waals surface area contributed by atoms with Crippen molar-refractivity contribution in [1.82, 2.24) is 10.3 Å². The van der Waals surface area contributed by atoms with Gasteiger partial charge in [0, 0.05) is 16.8 Å². The van der Waals surface area contributed by atoms with Gasteiger partial charge in [-0.05, 0) is 25.4 Å². The first-order valence-corrected chi connectivity index (χ1v) is 5.92. The standard InChI is InChI=1S/C9H13N5O2S/c1-6-13-7(5-17-6)8(9(15)16)11-3-2-4-12-14-10/h5,8,11H,2-4H2,1H3,(H,15,16). The Bertz CT molecular complexity index is 427. The van der Waals surface area contributed by atoms with E-state index in [0.717, 1.165) is 5.01 Å². The molecule has 92 valence electrons. The molecule has 1 atom stereocenters. The summed E-state index contributed by atoms with van der Waals surface area (Å²) in [5, 5.41) is 17.9. The van der Waals surface area contributed by atoms with E-state index in [2.05, 4.69) is 20.3 Å². The largest absolute Gasteiger partial charge is 0.480 e. The van der Waals surface area contributed by atoms with Gasteiger partial charge < -0.3 is 5.11 Å². The Morgan fingerprint density at radius 2 is 2.59 bits per heavy atom. The van der Waals surface area contributed by atoms with E-state index in [1.165, 1.54) is 11.3 Å². The van der Waals surface area contributed by atoms with Gasteiger partial charge in [-0.1, -0.05) is 5.11 Å². The van der Waals surface area contributed by atoms with Crippen LogP contribution in [-0.4, -0.2) is 29.1 Å². The third-order valence-electron chi connectivity index (χ3n) is 2.03. The van der Waals surface area contributed by atoms with Gasteiger partial charge in [0.05, 0.1) is 10.7 Å². The molecule has 1 heterocycles. The van der Waals surface area contributed by atoms with Crippen LogP contribution in [0.4, 0.5) is 0 Å². The Morgan fingerprint density at radius 1 is 1.82 bits per heavy atom. The number of rotatable bonds is 7. The van der Waals surface area contributed by atoms with Crippen molar-refractivity contribution in [2.45, 2.75) is 19.4 Å². The number of nitrogens with zero attached hydrogens (tertiary/aromatic N) is 4. The topological polar surface area (TPSA) is 111 Å². The van der Waals surface area contributed by atoms with E-state index in [1.807, 2.05) is 6.92 Å². The van der Waals surface area contributed by atoms with E-state index < -0.39 is 12.0 Å². The molecule has 0 aliphatic rings. The number of aliphatic carboxylic acids is 1. The molecule has 1 aromatic rings. The lowest BCUT2D eigenvalue weighted by atomic mass is 10.2. The summed E-state index contributed by atoms with van der Waals surface area (Å²) in [5.74, 6) is -0.959. The lowest BCUT2D eigenvalue weighted by Gasteiger charge is -2.11. The molecular weight excluding hydrogens is 242 g/mol. The number of nitrogens with one attached hydrogen (secondary N) is 1. The van der Waals surface area contributed by atoms with Crippen molar-refractivity contribution in [2.24, 2.45) is 5.11 Å². The van der Waals surface area contributed by atoms with E-state index in [0.29, 0.717) is 25.2 Å². The highest BCUT2D eigenvalue weighted by molar-refractivity contribution is 7.09. The lowest BCUT2D eigenvalue weighted by Crippen LogP contribution is -2.29. The molecule has 0 aliphatic heterocycles. The zero-order chi connectivity index (χ0) is 12.7. The molecule has 2 N–H and O–H groups in total. The van der Waals surface area contributed by atoms with Crippen LogP contribution in [0.15, 0.2) is 10.5 Å². The molecule has 0 amide bonds. The van der Waals surface area contributed by atoms with Gasteiger partial charge in [0.1, 0.15) is 6.04 Å². The molecule has 7 nitrogen and oxygen atoms in total. The quantitative estimate of drug-likeness (QED) is 0.335. The number of aromatic nitrogens is 1. The number of carbonyl (C=O) groups is 1. The van der Waals surface area contributed by atoms with Crippen LogP contribution in [0.3, 0.4) is 0 Å². The summed E-state index contributed by atoms with van der Waals surface area (Å²) < 4.78 is 0. The molecule has 0 saturated carbocycles. The maximum absolute atomic E-state index is 11.0. The fraction of sp³-hybridized carbons (Fsp3) is 0.556. The van der Waals surface area contributed by atoms with Crippen molar-refractivity contribution in [3.63, 3.8) is 0 Å². The SMILES string of the molecule is Cc1nc(C(NCCCN=[N+]=[N-])C(=O)O)cs1. The van der Waals surface area contributed by atoms with Crippen molar-refractivity contribution < 1.29 is 9.90 Å². The normalized spacial score (nSPS) is 11.8. The summed E-state index contributed by atoms with van der Waals surface area (Å²) in [7, 11) is 0. The number of hydrogen-bond donors (Lipinski definition) is 2. The maximum Gasteiger partial charge on any atom is 0.327 e. The van der Waals surface area contributed by atoms with E-state index >= 15 is 0 Å². The zero-order valence-corrected chi connectivity index (χ0v) is 10.1. The second-order valence-electron chi connectivity index (χ2n) is 3.32. The second kappa shape index (κ2) is 6.85. The lowest BCUT2D eigenvalue weighted by molar-refractivity contribution is -0.139. The second-order valence-corrected chi connectivity index (χ2v) is 4.39. The van der Waals surface area contributed by atoms with Gasteiger partial charge in [-0.25, -0.2) is 4.98 Å². The Labute approximate surface area is 102 Å². The summed E-state index contributed by atoms with van der Waals surface area (Å²) in [6, 6.07) is -0.800. The average Bonchev–Trinajstić information content (AvgIpc) is 2.69. The number of hydrogen-bond acceptors (Lipinski definition) is 5. The van der Waals surface area contributed by atoms with Crippen LogP contribution >= 0.6 is 11.3 Å². The van der Waals surface area contributed by atoms with Gasteiger partial charge in [-0.2, -0.15) is 0 Å². The molecule has 0 aliphatic carbocycles. The van der Waals surface area contributed by atoms with Crippen molar-refractivity contribution in [3.8, 4) is 0 Å². The first kappa shape index (κ1) is 13.4. The van der Waals surface area contributed by atoms with Gasteiger partial charge in [0.2, 0.25) is 0 Å². The van der Waals surface area contributed by atoms with Crippen molar-refractivity contribution >= 4 is 17.3 Å². The van der Waals surface area contributed by atoms with Gasteiger partial charge in [-0.3, -0.25) is 10.1 Å². The molecule has 1 rings (SSSR count). The molecule has 0 bridgehead atoms. The van der Waals surface area contributed by atoms with Gasteiger partial charge >= 0.3 is 5.97 Å². The maximum atomic E-state index is 11.0. The molecule has 0 fully saturated rings. The third-order valence-corrected chi connectivity index (χ3v) is 2.82. The number of azide groups is 1. The minimum Gasteiger partial charge on any atom is -0.480 e. The summed E-state index contributed by atoms with van der Waals surface area (Å²) in [6.45, 7) is 2.65. The molecule has 0 saturated heterocycles. The van der Waals surface area contributed by atoms with Gasteiger partial charge in [0.15, 0.2) is 0 Å². The Balaban J connectivity index is 2.50. The molecule has 1 aromatic heterocycles. The molecule has 17 heavy (non-hydrogen) atoms. The summed E-state index contributed by atoms with van der Waals surface area (Å²) in [5.41, 5.74) is 8.60. The van der Waals surface area contributed by atoms with Crippen LogP contribution in [-0.2, 0) is 4.79 Å². The van der Waals surface area contributed by atoms with Crippen molar-refractivity contribution in [3.05, 3.63) is 26.5 Å². The van der Waals surface area contributed by atoms with E-state index in [1.54, 1.807) is 5.38 Å². The highest BCUT2D eigenvalue weighted by Gasteiger charge is 2.21. The summed E-state index contributed by atoms with van der Waals surface area (Å²) in [6.07, 6.45) is 0.594. The Morgan fingerprint density at radius 3 is 3.12 bits per heavy atom. The predicted molar refractivity (Wildman–Crippen MR) is 63.9 cm³/mol. The molecular formula is C9H13N5O2S. The number of thiazole rings is 1. The molecule has 8 heteroatoms. The van der Waals surface area contributed by atoms with Crippen LogP contribution in [0.2, 0.25) is 0 Å². The van der Waals surface area contributed by atoms with Crippen LogP contribution in [0, 0.1) is 6.92 Å². The third kappa shape index (κ3) is 4.39. The summed E-state index contributed by atoms with van der Waals surface area (Å²) in [4.78, 5) is 17.8. The Kier molecular flexibility index (Phi) is 5.41. The van der Waals surface area contributed by atoms with E-state index in [9.17, 15) is 4.79 Å². The van der Waals surface area contributed by atoms with E-state index in [-0.39, 0.29) is 0 Å². The first-order chi connectivity index (χ1) is 8.15. The van der Waals surface area contributed by atoms with Crippen molar-refractivity contribution in [1.29, 1.82) is 0 Å². The number of carboxylic acids is 1. The predicted octanol–water partition coefficient (Wildman–Crippen LogP) is 1.87. The molecule has 0 aromatic carbocycles. The van der Waals surface area contributed by atoms with Crippen LogP contribution in [0.25, 0.3) is 10.4 Å². The molecule has 0 radical (unpaired) electrons. The first-order valence-electron chi connectivity index (χ1n) is 5.04. The van der Waals surface area contributed by atoms with Crippen molar-refractivity contribution in [2.75, 3.05) is 13.1 Å². The Hall–Kier alpha value is -1.63. The summed E-state index contributed by atoms with van der Waals surface area (Å²) >= 11 is 1.42.